The van der Waals surface area contributed by atoms with Crippen molar-refractivity contribution in [1.82, 2.24) is 9.88 Å². The average molecular weight is 562 g/mol. The fourth-order valence-corrected chi connectivity index (χ4v) is 5.61. The van der Waals surface area contributed by atoms with Gasteiger partial charge in [0, 0.05) is 19.5 Å². The Morgan fingerprint density at radius 2 is 1.92 bits per heavy atom. The van der Waals surface area contributed by atoms with Gasteiger partial charge in [0.25, 0.3) is 6.01 Å². The van der Waals surface area contributed by atoms with E-state index in [0.29, 0.717) is 62.3 Å². The van der Waals surface area contributed by atoms with Crippen LogP contribution in [0.25, 0.3) is 11.1 Å². The van der Waals surface area contributed by atoms with Gasteiger partial charge in [-0.15, -0.1) is 0 Å². The first-order valence-corrected chi connectivity index (χ1v) is 13.5. The third-order valence-electron chi connectivity index (χ3n) is 7.58. The molecule has 1 aliphatic heterocycles. The zero-order valence-corrected chi connectivity index (χ0v) is 22.3. The first-order valence-electron chi connectivity index (χ1n) is 13.1. The van der Waals surface area contributed by atoms with Gasteiger partial charge in [0.15, 0.2) is 11.4 Å². The summed E-state index contributed by atoms with van der Waals surface area (Å²) in [4.78, 5) is 30.3. The number of carboxylic acid groups (broad SMARTS) is 1. The molecule has 208 valence electrons. The van der Waals surface area contributed by atoms with Crippen LogP contribution in [0.15, 0.2) is 34.7 Å². The van der Waals surface area contributed by atoms with Crippen LogP contribution in [-0.4, -0.2) is 51.9 Å². The molecular weight excluding hydrogens is 532 g/mol. The highest BCUT2D eigenvalue weighted by atomic mass is 35.5. The molecule has 1 aromatic heterocycles. The third kappa shape index (κ3) is 5.64. The van der Waals surface area contributed by atoms with Crippen LogP contribution in [0.2, 0.25) is 5.02 Å². The second-order valence-corrected chi connectivity index (χ2v) is 10.7. The van der Waals surface area contributed by atoms with E-state index in [2.05, 4.69) is 10.3 Å². The largest absolute Gasteiger partial charge is 0.481 e. The minimum Gasteiger partial charge on any atom is -0.481 e. The van der Waals surface area contributed by atoms with Crippen molar-refractivity contribution < 1.29 is 32.6 Å². The number of halogens is 3. The number of carbonyl (C=O) groups excluding carboxylic acids is 1. The van der Waals surface area contributed by atoms with Gasteiger partial charge in [-0.2, -0.15) is 9.37 Å². The summed E-state index contributed by atoms with van der Waals surface area (Å²) in [5, 5.41) is 12.7. The Morgan fingerprint density at radius 3 is 2.59 bits per heavy atom. The van der Waals surface area contributed by atoms with Crippen LogP contribution >= 0.6 is 11.6 Å². The predicted molar refractivity (Wildman–Crippen MR) is 141 cm³/mol. The molecule has 0 amide bonds. The summed E-state index contributed by atoms with van der Waals surface area (Å²) in [5.74, 6) is -5.82. The van der Waals surface area contributed by atoms with E-state index in [1.165, 1.54) is 17.0 Å². The van der Waals surface area contributed by atoms with E-state index < -0.39 is 42.0 Å². The fraction of sp³-hybridized carbons (Fsp3) is 0.464. The molecule has 2 heterocycles. The highest BCUT2D eigenvalue weighted by molar-refractivity contribution is 6.33. The Kier molecular flexibility index (Phi) is 7.89. The Balaban J connectivity index is 1.36. The van der Waals surface area contributed by atoms with Gasteiger partial charge in [0.1, 0.15) is 5.52 Å². The van der Waals surface area contributed by atoms with Gasteiger partial charge in [-0.25, -0.2) is 9.29 Å². The van der Waals surface area contributed by atoms with E-state index in [-0.39, 0.29) is 22.7 Å². The normalized spacial score (nSPS) is 21.6. The summed E-state index contributed by atoms with van der Waals surface area (Å²) in [6.45, 7) is 2.53. The van der Waals surface area contributed by atoms with Gasteiger partial charge >= 0.3 is 11.9 Å². The third-order valence-corrected chi connectivity index (χ3v) is 7.90. The van der Waals surface area contributed by atoms with Crippen molar-refractivity contribution in [2.24, 2.45) is 5.92 Å². The van der Waals surface area contributed by atoms with Crippen LogP contribution in [0, 0.1) is 18.7 Å². The van der Waals surface area contributed by atoms with E-state index >= 15 is 8.78 Å². The van der Waals surface area contributed by atoms with Crippen molar-refractivity contribution in [3.8, 4) is 0 Å². The van der Waals surface area contributed by atoms with Crippen molar-refractivity contribution in [1.29, 1.82) is 0 Å². The number of alkyl halides is 1. The molecule has 1 saturated heterocycles. The first kappa shape index (κ1) is 27.5. The maximum Gasteiger partial charge on any atom is 0.330 e. The molecule has 39 heavy (non-hydrogen) atoms. The number of para-hydroxylation sites is 1. The number of carboxylic acids is 1. The second-order valence-electron chi connectivity index (χ2n) is 10.2. The molecule has 2 aromatic carbocycles. The monoisotopic (exact) mass is 561 g/mol. The molecule has 2 N–H and O–H groups in total. The number of nitrogens with one attached hydrogen (secondary N) is 1. The standard InChI is InChI=1S/C28H30ClF2N3O5/c1-16-5-4-6-20(29)24(16)33-27-32-21-12-9-18(23(30)25(21)38-27)15-22(35)28(31,34-13-2-3-14-34)39-19-10-7-17(8-11-19)26(36)37/h4-6,9,12,17,19H,2-3,7-8,10-11,13-15H2,1H3,(H,32,33)(H,36,37)/t17-,19-,28?. The lowest BCUT2D eigenvalue weighted by atomic mass is 9.87. The second kappa shape index (κ2) is 11.2. The van der Waals surface area contributed by atoms with Crippen LogP contribution < -0.4 is 5.32 Å². The molecule has 11 heteroatoms. The van der Waals surface area contributed by atoms with E-state index in [1.807, 2.05) is 13.0 Å². The molecule has 2 aliphatic rings. The van der Waals surface area contributed by atoms with Gasteiger partial charge < -0.3 is 19.6 Å². The lowest BCUT2D eigenvalue weighted by molar-refractivity contribution is -0.252. The molecule has 5 rings (SSSR count). The zero-order valence-electron chi connectivity index (χ0n) is 21.5. The molecule has 1 aliphatic carbocycles. The Bertz CT molecular complexity index is 1360. The molecule has 1 unspecified atom stereocenters. The number of benzene rings is 2. The summed E-state index contributed by atoms with van der Waals surface area (Å²) in [6.07, 6.45) is 1.66. The van der Waals surface area contributed by atoms with Crippen LogP contribution in [0.5, 0.6) is 0 Å². The number of hydrogen-bond donors (Lipinski definition) is 2. The number of likely N-dealkylation sites (tertiary alicyclic amines) is 1. The number of nitrogens with zero attached hydrogens (tertiary/aromatic N) is 2. The number of oxazole rings is 1. The molecular formula is C28H30ClF2N3O5. The van der Waals surface area contributed by atoms with E-state index in [0.717, 1.165) is 5.56 Å². The number of rotatable bonds is 9. The number of carbonyl (C=O) groups is 2. The van der Waals surface area contributed by atoms with Crippen molar-refractivity contribution in [3.05, 3.63) is 52.3 Å². The topological polar surface area (TPSA) is 105 Å². The molecule has 8 nitrogen and oxygen atoms in total. The number of anilines is 2. The first-order chi connectivity index (χ1) is 18.7. The highest BCUT2D eigenvalue weighted by Crippen LogP contribution is 2.36. The number of ketones is 1. The quantitative estimate of drug-likeness (QED) is 0.299. The SMILES string of the molecule is Cc1cccc(Cl)c1Nc1nc2ccc(CC(=O)C(F)(O[C@H]3CC[C@H](C(=O)O)CC3)N3CCCC3)c(F)c2o1. The molecule has 1 atom stereocenters. The lowest BCUT2D eigenvalue weighted by Crippen LogP contribution is -2.54. The van der Waals surface area contributed by atoms with Crippen molar-refractivity contribution in [2.75, 3.05) is 18.4 Å². The molecule has 0 spiro atoms. The summed E-state index contributed by atoms with van der Waals surface area (Å²) >= 11 is 6.26. The van der Waals surface area contributed by atoms with Crippen LogP contribution in [0.3, 0.4) is 0 Å². The molecule has 2 fully saturated rings. The number of aliphatic carboxylic acids is 1. The number of aryl methyl sites for hydroxylation is 1. The Hall–Kier alpha value is -3.08. The molecule has 1 saturated carbocycles. The van der Waals surface area contributed by atoms with Crippen molar-refractivity contribution in [3.63, 3.8) is 0 Å². The predicted octanol–water partition coefficient (Wildman–Crippen LogP) is 6.16. The number of fused-ring (bicyclic) bond motifs is 1. The number of hydrogen-bond acceptors (Lipinski definition) is 7. The number of Topliss-reactive ketones (excluding diaryl/α,β-unsaturated/α-hetero) is 1. The van der Waals surface area contributed by atoms with Gasteiger partial charge in [0.05, 0.1) is 22.7 Å². The fourth-order valence-electron chi connectivity index (χ4n) is 5.34. The molecule has 0 bridgehead atoms. The minimum absolute atomic E-state index is 0.0285. The smallest absolute Gasteiger partial charge is 0.330 e. The zero-order chi connectivity index (χ0) is 27.7. The Labute approximate surface area is 229 Å². The lowest BCUT2D eigenvalue weighted by Gasteiger charge is -2.37. The average Bonchev–Trinajstić information content (AvgIpc) is 3.59. The maximum absolute atomic E-state index is 16.4. The molecule has 3 aromatic rings. The Morgan fingerprint density at radius 1 is 1.21 bits per heavy atom. The number of aromatic nitrogens is 1. The summed E-state index contributed by atoms with van der Waals surface area (Å²) in [5.41, 5.74) is 1.45. The van der Waals surface area contributed by atoms with Crippen LogP contribution in [-0.2, 0) is 20.7 Å². The van der Waals surface area contributed by atoms with Crippen molar-refractivity contribution >= 4 is 46.2 Å². The van der Waals surface area contributed by atoms with Crippen molar-refractivity contribution in [2.45, 2.75) is 64.0 Å². The van der Waals surface area contributed by atoms with E-state index in [4.69, 9.17) is 20.8 Å². The van der Waals surface area contributed by atoms with Crippen LogP contribution in [0.1, 0.15) is 49.7 Å². The van der Waals surface area contributed by atoms with Gasteiger partial charge in [0.2, 0.25) is 5.78 Å². The summed E-state index contributed by atoms with van der Waals surface area (Å²) < 4.78 is 43.4. The van der Waals surface area contributed by atoms with Gasteiger partial charge in [-0.05, 0) is 68.7 Å². The maximum atomic E-state index is 16.4. The number of ether oxygens (including phenoxy) is 1. The van der Waals surface area contributed by atoms with Crippen LogP contribution in [0.4, 0.5) is 20.5 Å². The summed E-state index contributed by atoms with van der Waals surface area (Å²) in [6, 6.07) is 8.29. The summed E-state index contributed by atoms with van der Waals surface area (Å²) in [7, 11) is 0. The van der Waals surface area contributed by atoms with E-state index in [9.17, 15) is 14.7 Å². The highest BCUT2D eigenvalue weighted by Gasteiger charge is 2.49. The van der Waals surface area contributed by atoms with Gasteiger partial charge in [-0.1, -0.05) is 29.8 Å². The van der Waals surface area contributed by atoms with E-state index in [1.54, 1.807) is 12.1 Å². The van der Waals surface area contributed by atoms with Gasteiger partial charge in [-0.3, -0.25) is 9.59 Å². The molecule has 0 radical (unpaired) electrons. The minimum atomic E-state index is -2.73.